The molecule has 0 aliphatic carbocycles. The lowest BCUT2D eigenvalue weighted by Crippen LogP contribution is -2.13. The Bertz CT molecular complexity index is 2300. The van der Waals surface area contributed by atoms with Crippen molar-refractivity contribution < 1.29 is 38.1 Å². The molecule has 0 atom stereocenters. The van der Waals surface area contributed by atoms with Gasteiger partial charge in [0, 0.05) is 23.5 Å². The predicted octanol–water partition coefficient (Wildman–Crippen LogP) is 8.79. The van der Waals surface area contributed by atoms with Gasteiger partial charge in [-0.1, -0.05) is 61.7 Å². The van der Waals surface area contributed by atoms with Crippen LogP contribution in [-0.2, 0) is 28.7 Å². The van der Waals surface area contributed by atoms with Crippen molar-refractivity contribution in [2.24, 2.45) is 10.2 Å². The highest BCUT2D eigenvalue weighted by Gasteiger charge is 2.12. The van der Waals surface area contributed by atoms with E-state index in [0.717, 1.165) is 23.3 Å². The SMILES string of the molecule is C=CC(=O)OCCCCOc1ccc(/C=C(\C#N)C(=O)Nc2ccc(/C(C)=N/N=C(\C)c3ccc(NC(=O)/C(C#N)=C/c4ccc(OCCCCOC(=O)C=C)cc4)cc3)cc2)cc1. The van der Waals surface area contributed by atoms with Gasteiger partial charge in [-0.3, -0.25) is 9.59 Å². The minimum absolute atomic E-state index is 0.0743. The molecule has 0 unspecified atom stereocenters. The molecule has 0 saturated heterocycles. The van der Waals surface area contributed by atoms with Crippen molar-refractivity contribution in [3.8, 4) is 23.6 Å². The van der Waals surface area contributed by atoms with Gasteiger partial charge in [-0.05, 0) is 122 Å². The molecule has 326 valence electrons. The second-order valence-electron chi connectivity index (χ2n) is 13.8. The van der Waals surface area contributed by atoms with Gasteiger partial charge in [-0.25, -0.2) is 9.59 Å². The smallest absolute Gasteiger partial charge is 0.330 e. The van der Waals surface area contributed by atoms with E-state index in [2.05, 4.69) is 34.0 Å². The van der Waals surface area contributed by atoms with E-state index in [1.54, 1.807) is 111 Å². The van der Waals surface area contributed by atoms with Crippen molar-refractivity contribution in [1.82, 2.24) is 0 Å². The average molecular weight is 861 g/mol. The molecular weight excluding hydrogens is 813 g/mol. The lowest BCUT2D eigenvalue weighted by molar-refractivity contribution is -0.138. The summed E-state index contributed by atoms with van der Waals surface area (Å²) in [5, 5.41) is 33.6. The monoisotopic (exact) mass is 860 g/mol. The molecule has 0 bridgehead atoms. The highest BCUT2D eigenvalue weighted by molar-refractivity contribution is 6.11. The summed E-state index contributed by atoms with van der Waals surface area (Å²) in [4.78, 5) is 48.0. The summed E-state index contributed by atoms with van der Waals surface area (Å²) >= 11 is 0. The highest BCUT2D eigenvalue weighted by Crippen LogP contribution is 2.19. The number of benzene rings is 4. The molecule has 4 rings (SSSR count). The fourth-order valence-electron chi connectivity index (χ4n) is 5.45. The summed E-state index contributed by atoms with van der Waals surface area (Å²) in [6.07, 6.45) is 7.92. The summed E-state index contributed by atoms with van der Waals surface area (Å²) in [6.45, 7) is 11.8. The Hall–Kier alpha value is -8.36. The first-order chi connectivity index (χ1) is 31.0. The Morgan fingerprint density at radius 2 is 0.891 bits per heavy atom. The number of amides is 2. The quantitative estimate of drug-likeness (QED) is 0.0181. The Kier molecular flexibility index (Phi) is 19.7. The molecule has 14 heteroatoms. The number of hydrogen-bond acceptors (Lipinski definition) is 12. The third-order valence-electron chi connectivity index (χ3n) is 9.02. The number of nitrogens with one attached hydrogen (secondary N) is 2. The molecule has 14 nitrogen and oxygen atoms in total. The standard InChI is InChI=1S/C50H48N6O8/c1-5-47(57)63-29-9-7-27-61-45-23-11-37(12-24-45)31-41(33-51)49(59)53-43-19-15-39(16-20-43)35(3)55-56-36(4)40-17-21-44(22-18-40)54-50(60)42(34-52)32-38-13-25-46(26-14-38)62-28-8-10-30-64-48(58)6-2/h5-6,11-26,31-32H,1-2,7-10,27-30H2,3-4H3,(H,53,59)(H,54,60)/b41-31+,42-32+,55-35+,56-36+. The number of anilines is 2. The van der Waals surface area contributed by atoms with Crippen LogP contribution in [0, 0.1) is 22.7 Å². The number of carbonyl (C=O) groups is 4. The largest absolute Gasteiger partial charge is 0.494 e. The first kappa shape index (κ1) is 48.3. The predicted molar refractivity (Wildman–Crippen MR) is 246 cm³/mol. The second kappa shape index (κ2) is 26.1. The molecular formula is C50H48N6O8. The molecule has 0 aliphatic rings. The number of hydrogen-bond donors (Lipinski definition) is 2. The molecule has 0 aromatic heterocycles. The van der Waals surface area contributed by atoms with E-state index in [-0.39, 0.29) is 11.1 Å². The molecule has 2 N–H and O–H groups in total. The van der Waals surface area contributed by atoms with Gasteiger partial charge in [0.2, 0.25) is 0 Å². The number of ether oxygens (including phenoxy) is 4. The third-order valence-corrected chi connectivity index (χ3v) is 9.02. The van der Waals surface area contributed by atoms with Gasteiger partial charge < -0.3 is 29.6 Å². The zero-order chi connectivity index (χ0) is 46.1. The maximum Gasteiger partial charge on any atom is 0.330 e. The van der Waals surface area contributed by atoms with Crippen LogP contribution < -0.4 is 20.1 Å². The van der Waals surface area contributed by atoms with Crippen molar-refractivity contribution in [3.05, 3.63) is 156 Å². The van der Waals surface area contributed by atoms with Gasteiger partial charge in [0.1, 0.15) is 34.8 Å². The van der Waals surface area contributed by atoms with E-state index >= 15 is 0 Å². The minimum atomic E-state index is -0.560. The molecule has 4 aromatic rings. The van der Waals surface area contributed by atoms with Gasteiger partial charge in [-0.15, -0.1) is 0 Å². The fourth-order valence-corrected chi connectivity index (χ4v) is 5.45. The molecule has 64 heavy (non-hydrogen) atoms. The topological polar surface area (TPSA) is 202 Å². The Morgan fingerprint density at radius 1 is 0.547 bits per heavy atom. The van der Waals surface area contributed by atoms with E-state index in [4.69, 9.17) is 18.9 Å². The molecule has 0 radical (unpaired) electrons. The minimum Gasteiger partial charge on any atom is -0.494 e. The van der Waals surface area contributed by atoms with Gasteiger partial charge in [0.05, 0.1) is 37.9 Å². The van der Waals surface area contributed by atoms with Crippen LogP contribution in [0.2, 0.25) is 0 Å². The van der Waals surface area contributed by atoms with Crippen molar-refractivity contribution in [2.75, 3.05) is 37.1 Å². The second-order valence-corrected chi connectivity index (χ2v) is 13.8. The first-order valence-corrected chi connectivity index (χ1v) is 20.2. The zero-order valence-corrected chi connectivity index (χ0v) is 35.7. The number of rotatable bonds is 23. The number of esters is 2. The fraction of sp³-hybridized carbons (Fsp3) is 0.200. The normalized spacial score (nSPS) is 11.6. The third kappa shape index (κ3) is 16.6. The Balaban J connectivity index is 1.24. The molecule has 0 aliphatic heterocycles. The van der Waals surface area contributed by atoms with E-state index in [0.29, 0.717) is 97.5 Å². The maximum atomic E-state index is 12.9. The van der Waals surface area contributed by atoms with E-state index in [1.165, 1.54) is 12.2 Å². The average Bonchev–Trinajstić information content (AvgIpc) is 3.32. The zero-order valence-electron chi connectivity index (χ0n) is 35.7. The van der Waals surface area contributed by atoms with Crippen LogP contribution in [0.1, 0.15) is 61.8 Å². The lowest BCUT2D eigenvalue weighted by Gasteiger charge is -2.08. The van der Waals surface area contributed by atoms with Crippen molar-refractivity contribution in [2.45, 2.75) is 39.5 Å². The van der Waals surface area contributed by atoms with Gasteiger partial charge in [0.25, 0.3) is 11.8 Å². The van der Waals surface area contributed by atoms with Crippen LogP contribution >= 0.6 is 0 Å². The van der Waals surface area contributed by atoms with Crippen molar-refractivity contribution >= 4 is 58.7 Å². The van der Waals surface area contributed by atoms with E-state index in [9.17, 15) is 29.7 Å². The van der Waals surface area contributed by atoms with Gasteiger partial charge in [0.15, 0.2) is 0 Å². The molecule has 0 saturated carbocycles. The van der Waals surface area contributed by atoms with E-state index < -0.39 is 23.8 Å². The molecule has 4 aromatic carbocycles. The number of unbranched alkanes of at least 4 members (excludes halogenated alkanes) is 2. The van der Waals surface area contributed by atoms with Crippen LogP contribution in [0.5, 0.6) is 11.5 Å². The van der Waals surface area contributed by atoms with Crippen LogP contribution in [0.25, 0.3) is 12.2 Å². The lowest BCUT2D eigenvalue weighted by atomic mass is 10.1. The number of nitriles is 2. The number of nitrogens with zero attached hydrogens (tertiary/aromatic N) is 4. The van der Waals surface area contributed by atoms with Gasteiger partial charge in [-0.2, -0.15) is 20.7 Å². The van der Waals surface area contributed by atoms with Crippen LogP contribution in [0.15, 0.2) is 144 Å². The van der Waals surface area contributed by atoms with Crippen LogP contribution in [0.3, 0.4) is 0 Å². The Labute approximate surface area is 372 Å². The maximum absolute atomic E-state index is 12.9. The molecule has 0 fully saturated rings. The molecule has 0 heterocycles. The van der Waals surface area contributed by atoms with Crippen LogP contribution in [0.4, 0.5) is 11.4 Å². The summed E-state index contributed by atoms with van der Waals surface area (Å²) in [5.41, 5.74) is 4.92. The van der Waals surface area contributed by atoms with Crippen molar-refractivity contribution in [3.63, 3.8) is 0 Å². The summed E-state index contributed by atoms with van der Waals surface area (Å²) < 4.78 is 21.3. The molecule has 0 spiro atoms. The van der Waals surface area contributed by atoms with Crippen LogP contribution in [-0.4, -0.2) is 61.6 Å². The van der Waals surface area contributed by atoms with E-state index in [1.807, 2.05) is 12.1 Å². The van der Waals surface area contributed by atoms with Gasteiger partial charge >= 0.3 is 11.9 Å². The summed E-state index contributed by atoms with van der Waals surface area (Å²) in [7, 11) is 0. The first-order valence-electron chi connectivity index (χ1n) is 20.2. The summed E-state index contributed by atoms with van der Waals surface area (Å²) in [5.74, 6) is -0.770. The number of carbonyl (C=O) groups excluding carboxylic acids is 4. The highest BCUT2D eigenvalue weighted by atomic mass is 16.5. The Morgan fingerprint density at radius 3 is 1.22 bits per heavy atom. The summed E-state index contributed by atoms with van der Waals surface area (Å²) in [6, 6.07) is 31.8. The molecule has 2 amide bonds. The van der Waals surface area contributed by atoms with Crippen molar-refractivity contribution in [1.29, 1.82) is 10.5 Å².